The number of piperazine rings is 1. The highest BCUT2D eigenvalue weighted by Gasteiger charge is 2.24. The van der Waals surface area contributed by atoms with Crippen molar-refractivity contribution in [2.45, 2.75) is 25.7 Å². The van der Waals surface area contributed by atoms with E-state index in [1.807, 2.05) is 23.1 Å². The summed E-state index contributed by atoms with van der Waals surface area (Å²) in [5.74, 6) is 1.61. The van der Waals surface area contributed by atoms with Crippen molar-refractivity contribution in [2.75, 3.05) is 56.2 Å². The summed E-state index contributed by atoms with van der Waals surface area (Å²) in [6.45, 7) is 4.89. The molecule has 0 aliphatic carbocycles. The lowest BCUT2D eigenvalue weighted by Gasteiger charge is -2.36. The number of hydrogen-bond acceptors (Lipinski definition) is 6. The molecular formula is C22H29N5O2. The van der Waals surface area contributed by atoms with Gasteiger partial charge in [-0.3, -0.25) is 4.79 Å². The number of amides is 1. The smallest absolute Gasteiger partial charge is 0.257 e. The van der Waals surface area contributed by atoms with Gasteiger partial charge in [0.25, 0.3) is 5.91 Å². The number of anilines is 2. The summed E-state index contributed by atoms with van der Waals surface area (Å²) in [4.78, 5) is 28.2. The van der Waals surface area contributed by atoms with E-state index < -0.39 is 0 Å². The van der Waals surface area contributed by atoms with Gasteiger partial charge in [-0.15, -0.1) is 0 Å². The van der Waals surface area contributed by atoms with Crippen molar-refractivity contribution in [3.8, 4) is 5.75 Å². The predicted octanol–water partition coefficient (Wildman–Crippen LogP) is 2.83. The Morgan fingerprint density at radius 3 is 2.17 bits per heavy atom. The third kappa shape index (κ3) is 4.44. The van der Waals surface area contributed by atoms with Gasteiger partial charge in [0, 0.05) is 51.7 Å². The van der Waals surface area contributed by atoms with Gasteiger partial charge in [0.05, 0.1) is 18.4 Å². The third-order valence-corrected chi connectivity index (χ3v) is 5.77. The Labute approximate surface area is 172 Å². The zero-order chi connectivity index (χ0) is 20.1. The number of para-hydroxylation sites is 2. The quantitative estimate of drug-likeness (QED) is 0.793. The minimum absolute atomic E-state index is 0.00657. The molecule has 0 atom stereocenters. The van der Waals surface area contributed by atoms with Crippen LogP contribution in [0.1, 0.15) is 36.0 Å². The van der Waals surface area contributed by atoms with Crippen molar-refractivity contribution in [2.24, 2.45) is 0 Å². The molecule has 2 saturated heterocycles. The molecule has 2 aliphatic heterocycles. The maximum Gasteiger partial charge on any atom is 0.257 e. The van der Waals surface area contributed by atoms with Crippen LogP contribution in [0.3, 0.4) is 0 Å². The fraction of sp³-hybridized carbons (Fsp3) is 0.500. The molecule has 1 amide bonds. The van der Waals surface area contributed by atoms with E-state index in [4.69, 9.17) is 4.74 Å². The fourth-order valence-electron chi connectivity index (χ4n) is 4.09. The number of hydrogen-bond donors (Lipinski definition) is 0. The standard InChI is InChI=1S/C22H29N5O2/c1-29-20-9-5-4-8-19(20)25-12-14-26(15-13-25)21(28)18-16-23-22(24-17-18)27-10-6-2-3-7-11-27/h4-5,8-9,16-17H,2-3,6-7,10-15H2,1H3. The molecule has 0 unspecified atom stereocenters. The van der Waals surface area contributed by atoms with E-state index in [1.165, 1.54) is 25.7 Å². The molecule has 2 aromatic rings. The maximum atomic E-state index is 12.9. The van der Waals surface area contributed by atoms with Crippen molar-refractivity contribution < 1.29 is 9.53 Å². The van der Waals surface area contributed by atoms with Gasteiger partial charge < -0.3 is 19.4 Å². The summed E-state index contributed by atoms with van der Waals surface area (Å²) in [6, 6.07) is 8.01. The van der Waals surface area contributed by atoms with Gasteiger partial charge in [-0.25, -0.2) is 9.97 Å². The molecule has 0 bridgehead atoms. The van der Waals surface area contributed by atoms with Gasteiger partial charge in [0.2, 0.25) is 5.95 Å². The van der Waals surface area contributed by atoms with Crippen LogP contribution >= 0.6 is 0 Å². The second kappa shape index (κ2) is 9.11. The Kier molecular flexibility index (Phi) is 6.12. The Bertz CT molecular complexity index is 810. The largest absolute Gasteiger partial charge is 0.495 e. The number of benzene rings is 1. The monoisotopic (exact) mass is 395 g/mol. The number of carbonyl (C=O) groups excluding carboxylic acids is 1. The van der Waals surface area contributed by atoms with E-state index in [1.54, 1.807) is 19.5 Å². The van der Waals surface area contributed by atoms with Crippen LogP contribution in [0.4, 0.5) is 11.6 Å². The van der Waals surface area contributed by atoms with Crippen LogP contribution in [0.2, 0.25) is 0 Å². The van der Waals surface area contributed by atoms with Crippen LogP contribution in [0.25, 0.3) is 0 Å². The zero-order valence-electron chi connectivity index (χ0n) is 17.1. The first-order valence-electron chi connectivity index (χ1n) is 10.5. The number of carbonyl (C=O) groups is 1. The van der Waals surface area contributed by atoms with Gasteiger partial charge in [0.15, 0.2) is 0 Å². The number of rotatable bonds is 4. The van der Waals surface area contributed by atoms with Crippen molar-refractivity contribution in [3.63, 3.8) is 0 Å². The summed E-state index contributed by atoms with van der Waals surface area (Å²) in [6.07, 6.45) is 8.27. The highest BCUT2D eigenvalue weighted by molar-refractivity contribution is 5.93. The van der Waals surface area contributed by atoms with Crippen molar-refractivity contribution in [3.05, 3.63) is 42.2 Å². The van der Waals surface area contributed by atoms with E-state index in [-0.39, 0.29) is 5.91 Å². The molecule has 0 radical (unpaired) electrons. The summed E-state index contributed by atoms with van der Waals surface area (Å²) in [7, 11) is 1.69. The second-order valence-electron chi connectivity index (χ2n) is 7.62. The van der Waals surface area contributed by atoms with Gasteiger partial charge in [-0.05, 0) is 25.0 Å². The first kappa shape index (κ1) is 19.5. The Balaban J connectivity index is 1.37. The molecule has 154 valence electrons. The first-order chi connectivity index (χ1) is 14.3. The van der Waals surface area contributed by atoms with Gasteiger partial charge in [-0.1, -0.05) is 25.0 Å². The molecule has 1 aromatic carbocycles. The molecular weight excluding hydrogens is 366 g/mol. The van der Waals surface area contributed by atoms with E-state index in [0.29, 0.717) is 18.7 Å². The summed E-state index contributed by atoms with van der Waals surface area (Å²) in [5.41, 5.74) is 1.64. The molecule has 0 saturated carbocycles. The average molecular weight is 396 g/mol. The van der Waals surface area contributed by atoms with E-state index in [9.17, 15) is 4.79 Å². The normalized spacial score (nSPS) is 17.8. The minimum Gasteiger partial charge on any atom is -0.495 e. The molecule has 0 spiro atoms. The molecule has 2 fully saturated rings. The first-order valence-corrected chi connectivity index (χ1v) is 10.5. The Morgan fingerprint density at radius 1 is 0.862 bits per heavy atom. The number of nitrogens with zero attached hydrogens (tertiary/aromatic N) is 5. The maximum absolute atomic E-state index is 12.9. The molecule has 3 heterocycles. The molecule has 7 heteroatoms. The second-order valence-corrected chi connectivity index (χ2v) is 7.62. The molecule has 29 heavy (non-hydrogen) atoms. The van der Waals surface area contributed by atoms with Crippen LogP contribution in [0, 0.1) is 0 Å². The lowest BCUT2D eigenvalue weighted by atomic mass is 10.2. The van der Waals surface area contributed by atoms with Gasteiger partial charge in [0.1, 0.15) is 5.75 Å². The van der Waals surface area contributed by atoms with Gasteiger partial charge in [-0.2, -0.15) is 0 Å². The zero-order valence-corrected chi connectivity index (χ0v) is 17.1. The number of ether oxygens (including phenoxy) is 1. The number of aromatic nitrogens is 2. The van der Waals surface area contributed by atoms with Crippen LogP contribution in [-0.2, 0) is 0 Å². The predicted molar refractivity (Wildman–Crippen MR) is 114 cm³/mol. The van der Waals surface area contributed by atoms with Crippen LogP contribution in [0.5, 0.6) is 5.75 Å². The number of methoxy groups -OCH3 is 1. The van der Waals surface area contributed by atoms with Crippen molar-refractivity contribution in [1.29, 1.82) is 0 Å². The lowest BCUT2D eigenvalue weighted by molar-refractivity contribution is 0.0746. The van der Waals surface area contributed by atoms with Crippen LogP contribution in [0.15, 0.2) is 36.7 Å². The van der Waals surface area contributed by atoms with Crippen molar-refractivity contribution >= 4 is 17.5 Å². The van der Waals surface area contributed by atoms with E-state index in [2.05, 4.69) is 25.8 Å². The molecule has 7 nitrogen and oxygen atoms in total. The third-order valence-electron chi connectivity index (χ3n) is 5.77. The van der Waals surface area contributed by atoms with E-state index in [0.717, 1.165) is 43.6 Å². The molecule has 1 aromatic heterocycles. The summed E-state index contributed by atoms with van der Waals surface area (Å²) < 4.78 is 5.47. The Morgan fingerprint density at radius 2 is 1.52 bits per heavy atom. The van der Waals surface area contributed by atoms with Gasteiger partial charge >= 0.3 is 0 Å². The highest BCUT2D eigenvalue weighted by Crippen LogP contribution is 2.28. The Hall–Kier alpha value is -2.83. The fourth-order valence-corrected chi connectivity index (χ4v) is 4.09. The topological polar surface area (TPSA) is 61.8 Å². The van der Waals surface area contributed by atoms with E-state index >= 15 is 0 Å². The molecule has 0 N–H and O–H groups in total. The molecule has 4 rings (SSSR count). The molecule has 2 aliphatic rings. The summed E-state index contributed by atoms with van der Waals surface area (Å²) >= 11 is 0. The average Bonchev–Trinajstić information content (AvgIpc) is 3.08. The minimum atomic E-state index is 0.00657. The summed E-state index contributed by atoms with van der Waals surface area (Å²) in [5, 5.41) is 0. The van der Waals surface area contributed by atoms with Crippen LogP contribution in [-0.4, -0.2) is 67.2 Å². The SMILES string of the molecule is COc1ccccc1N1CCN(C(=O)c2cnc(N3CCCCCC3)nc2)CC1. The van der Waals surface area contributed by atoms with Crippen molar-refractivity contribution in [1.82, 2.24) is 14.9 Å². The lowest BCUT2D eigenvalue weighted by Crippen LogP contribution is -2.49. The van der Waals surface area contributed by atoms with Crippen LogP contribution < -0.4 is 14.5 Å². The highest BCUT2D eigenvalue weighted by atomic mass is 16.5.